The summed E-state index contributed by atoms with van der Waals surface area (Å²) < 4.78 is 6.40. The fraction of sp³-hybridized carbons (Fsp3) is 0.158. The number of ether oxygens (including phenoxy) is 1. The molecule has 27 heavy (non-hydrogen) atoms. The Hall–Kier alpha value is -3.70. The van der Waals surface area contributed by atoms with Crippen LogP contribution >= 0.6 is 0 Å². The number of hydrogen-bond donors (Lipinski definition) is 1. The minimum Gasteiger partial charge on any atom is -0.383 e. The number of pyridine rings is 1. The van der Waals surface area contributed by atoms with Crippen molar-refractivity contribution in [3.05, 3.63) is 74.6 Å². The summed E-state index contributed by atoms with van der Waals surface area (Å²) in [4.78, 5) is 23.1. The molecule has 8 nitrogen and oxygen atoms in total. The van der Waals surface area contributed by atoms with E-state index in [1.54, 1.807) is 19.2 Å². The average Bonchev–Trinajstić information content (AvgIpc) is 2.68. The summed E-state index contributed by atoms with van der Waals surface area (Å²) in [5, 5.41) is 24.1. The fourth-order valence-corrected chi connectivity index (χ4v) is 2.77. The van der Waals surface area contributed by atoms with Crippen molar-refractivity contribution in [2.75, 3.05) is 25.6 Å². The van der Waals surface area contributed by atoms with Gasteiger partial charge in [0.05, 0.1) is 17.0 Å². The van der Waals surface area contributed by atoms with Gasteiger partial charge in [-0.25, -0.2) is 0 Å². The lowest BCUT2D eigenvalue weighted by Gasteiger charge is -2.13. The predicted octanol–water partition coefficient (Wildman–Crippen LogP) is 2.83. The number of nitriles is 1. The van der Waals surface area contributed by atoms with E-state index in [-0.39, 0.29) is 11.3 Å². The van der Waals surface area contributed by atoms with Gasteiger partial charge in [0.25, 0.3) is 11.2 Å². The van der Waals surface area contributed by atoms with Crippen molar-refractivity contribution in [2.45, 2.75) is 0 Å². The molecule has 0 atom stereocenters. The maximum Gasteiger partial charge on any atom is 0.273 e. The lowest BCUT2D eigenvalue weighted by Crippen LogP contribution is -2.21. The van der Waals surface area contributed by atoms with Crippen molar-refractivity contribution in [1.29, 1.82) is 5.26 Å². The fourth-order valence-electron chi connectivity index (χ4n) is 2.77. The number of nitro groups is 1. The highest BCUT2D eigenvalue weighted by atomic mass is 16.6. The van der Waals surface area contributed by atoms with Crippen molar-refractivity contribution < 1.29 is 9.66 Å². The van der Waals surface area contributed by atoms with Crippen LogP contribution in [-0.4, -0.2) is 29.8 Å². The van der Waals surface area contributed by atoms with Crippen LogP contribution in [0.1, 0.15) is 5.56 Å². The van der Waals surface area contributed by atoms with E-state index in [1.165, 1.54) is 28.8 Å². The summed E-state index contributed by atoms with van der Waals surface area (Å²) in [6, 6.07) is 14.5. The van der Waals surface area contributed by atoms with Crippen LogP contribution in [0.15, 0.2) is 53.3 Å². The van der Waals surface area contributed by atoms with Crippen LogP contribution in [0.3, 0.4) is 0 Å². The van der Waals surface area contributed by atoms with Crippen LogP contribution in [0, 0.1) is 21.4 Å². The lowest BCUT2D eigenvalue weighted by molar-refractivity contribution is -0.384. The summed E-state index contributed by atoms with van der Waals surface area (Å²) >= 11 is 0. The Labute approximate surface area is 154 Å². The highest BCUT2D eigenvalue weighted by Crippen LogP contribution is 2.23. The van der Waals surface area contributed by atoms with Crippen LogP contribution in [0.2, 0.25) is 0 Å². The molecule has 0 aliphatic carbocycles. The second-order valence-electron chi connectivity index (χ2n) is 5.78. The third-order valence-corrected chi connectivity index (χ3v) is 4.08. The van der Waals surface area contributed by atoms with E-state index >= 15 is 0 Å². The first-order valence-electron chi connectivity index (χ1n) is 8.12. The quantitative estimate of drug-likeness (QED) is 0.409. The van der Waals surface area contributed by atoms with Gasteiger partial charge in [-0.15, -0.1) is 0 Å². The second-order valence-corrected chi connectivity index (χ2v) is 5.78. The number of aromatic nitrogens is 1. The van der Waals surface area contributed by atoms with Gasteiger partial charge in [-0.05, 0) is 30.3 Å². The summed E-state index contributed by atoms with van der Waals surface area (Å²) in [7, 11) is 1.61. The van der Waals surface area contributed by atoms with Crippen molar-refractivity contribution in [2.24, 2.45) is 0 Å². The Morgan fingerprint density at radius 2 is 1.96 bits per heavy atom. The second kappa shape index (κ2) is 7.68. The smallest absolute Gasteiger partial charge is 0.273 e. The van der Waals surface area contributed by atoms with E-state index in [0.29, 0.717) is 29.7 Å². The van der Waals surface area contributed by atoms with Crippen LogP contribution in [0.25, 0.3) is 16.6 Å². The topological polar surface area (TPSA) is 110 Å². The molecule has 136 valence electrons. The maximum absolute atomic E-state index is 12.8. The summed E-state index contributed by atoms with van der Waals surface area (Å²) in [6.45, 7) is 1.13. The molecule has 0 saturated carbocycles. The zero-order valence-electron chi connectivity index (χ0n) is 14.5. The minimum absolute atomic E-state index is 0.000875. The zero-order valence-corrected chi connectivity index (χ0v) is 14.5. The van der Waals surface area contributed by atoms with Crippen LogP contribution in [0.4, 0.5) is 11.4 Å². The van der Waals surface area contributed by atoms with Gasteiger partial charge in [-0.1, -0.05) is 6.07 Å². The molecule has 1 N–H and O–H groups in total. The Morgan fingerprint density at radius 1 is 1.22 bits per heavy atom. The maximum atomic E-state index is 12.8. The molecule has 2 aromatic carbocycles. The molecule has 1 heterocycles. The van der Waals surface area contributed by atoms with Crippen LogP contribution in [-0.2, 0) is 4.74 Å². The monoisotopic (exact) mass is 364 g/mol. The molecule has 0 aliphatic rings. The summed E-state index contributed by atoms with van der Waals surface area (Å²) in [6.07, 6.45) is 0. The van der Waals surface area contributed by atoms with Crippen LogP contribution < -0.4 is 10.9 Å². The number of hydrogen-bond acceptors (Lipinski definition) is 6. The number of anilines is 1. The van der Waals surface area contributed by atoms with Gasteiger partial charge in [-0.2, -0.15) is 5.26 Å². The normalized spacial score (nSPS) is 10.5. The predicted molar refractivity (Wildman–Crippen MR) is 101 cm³/mol. The Morgan fingerprint density at radius 3 is 2.59 bits per heavy atom. The molecule has 0 radical (unpaired) electrons. The number of fused-ring (bicyclic) bond motifs is 1. The molecule has 0 saturated heterocycles. The largest absolute Gasteiger partial charge is 0.383 e. The SMILES string of the molecule is COCCNc1ccc2cc(C#N)c(=O)n(-c3ccc([N+](=O)[O-])cc3)c2c1. The third kappa shape index (κ3) is 3.63. The molecule has 0 fully saturated rings. The van der Waals surface area contributed by atoms with Gasteiger partial charge >= 0.3 is 0 Å². The lowest BCUT2D eigenvalue weighted by atomic mass is 10.1. The Kier molecular flexibility index (Phi) is 5.15. The number of benzene rings is 2. The number of nitrogens with one attached hydrogen (secondary N) is 1. The molecule has 3 rings (SSSR count). The van der Waals surface area contributed by atoms with E-state index < -0.39 is 10.5 Å². The Balaban J connectivity index is 2.19. The van der Waals surface area contributed by atoms with E-state index in [0.717, 1.165) is 5.69 Å². The van der Waals surface area contributed by atoms with E-state index in [9.17, 15) is 20.2 Å². The third-order valence-electron chi connectivity index (χ3n) is 4.08. The molecule has 1 aromatic heterocycles. The Bertz CT molecular complexity index is 1100. The summed E-state index contributed by atoms with van der Waals surface area (Å²) in [5.41, 5.74) is 1.28. The highest BCUT2D eigenvalue weighted by Gasteiger charge is 2.13. The van der Waals surface area contributed by atoms with Crippen LogP contribution in [0.5, 0.6) is 0 Å². The molecule has 8 heteroatoms. The minimum atomic E-state index is -0.506. The van der Waals surface area contributed by atoms with E-state index in [2.05, 4.69) is 5.32 Å². The van der Waals surface area contributed by atoms with Gasteiger partial charge in [0.2, 0.25) is 0 Å². The number of nitrogens with zero attached hydrogens (tertiary/aromatic N) is 3. The van der Waals surface area contributed by atoms with Gasteiger partial charge in [0.15, 0.2) is 0 Å². The number of methoxy groups -OCH3 is 1. The average molecular weight is 364 g/mol. The summed E-state index contributed by atoms with van der Waals surface area (Å²) in [5.74, 6) is 0. The standard InChI is InChI=1S/C19H16N4O4/c1-27-9-8-21-15-3-2-13-10-14(12-20)19(24)22(18(13)11-15)16-4-6-17(7-5-16)23(25)26/h2-7,10-11,21H,8-9H2,1H3. The van der Waals surface area contributed by atoms with Gasteiger partial charge < -0.3 is 10.1 Å². The van der Waals surface area contributed by atoms with E-state index in [1.807, 2.05) is 18.2 Å². The molecule has 0 amide bonds. The zero-order chi connectivity index (χ0) is 19.4. The van der Waals surface area contributed by atoms with Crippen molar-refractivity contribution in [3.8, 4) is 11.8 Å². The molecule has 0 spiro atoms. The van der Waals surface area contributed by atoms with Crippen molar-refractivity contribution in [1.82, 2.24) is 4.57 Å². The molecular weight excluding hydrogens is 348 g/mol. The van der Waals surface area contributed by atoms with Gasteiger partial charge in [0.1, 0.15) is 11.6 Å². The van der Waals surface area contributed by atoms with E-state index in [4.69, 9.17) is 4.74 Å². The first kappa shape index (κ1) is 18.1. The molecule has 3 aromatic rings. The van der Waals surface area contributed by atoms with Crippen molar-refractivity contribution >= 4 is 22.3 Å². The van der Waals surface area contributed by atoms with Gasteiger partial charge in [0, 0.05) is 42.5 Å². The molecule has 0 aliphatic heterocycles. The number of nitro benzene ring substituents is 1. The number of rotatable bonds is 6. The first-order chi connectivity index (χ1) is 13.0. The molecule has 0 bridgehead atoms. The molecule has 0 unspecified atom stereocenters. The van der Waals surface area contributed by atoms with Gasteiger partial charge in [-0.3, -0.25) is 19.5 Å². The molecular formula is C19H16N4O4. The number of non-ortho nitro benzene ring substituents is 1. The van der Waals surface area contributed by atoms with Crippen molar-refractivity contribution in [3.63, 3.8) is 0 Å². The highest BCUT2D eigenvalue weighted by molar-refractivity contribution is 5.85. The first-order valence-corrected chi connectivity index (χ1v) is 8.12.